The summed E-state index contributed by atoms with van der Waals surface area (Å²) in [6, 6.07) is 27.2. The number of fused-ring (bicyclic) bond motifs is 3. The highest BCUT2D eigenvalue weighted by Crippen LogP contribution is 2.40. The van der Waals surface area contributed by atoms with Crippen LogP contribution in [0.4, 0.5) is 0 Å². The number of esters is 1. The molecule has 32 heavy (non-hydrogen) atoms. The molecule has 1 heterocycles. The molecule has 1 atom stereocenters. The first-order chi connectivity index (χ1) is 15.7. The number of Topliss-reactive ketones (excluding diaryl/α,β-unsaturated/α-hetero) is 1. The second-order valence-electron chi connectivity index (χ2n) is 8.29. The van der Waals surface area contributed by atoms with Gasteiger partial charge in [-0.3, -0.25) is 9.59 Å². The summed E-state index contributed by atoms with van der Waals surface area (Å²) in [5.74, 6) is -0.421. The molecule has 0 spiro atoms. The van der Waals surface area contributed by atoms with E-state index in [1.165, 1.54) is 0 Å². The van der Waals surface area contributed by atoms with Crippen LogP contribution >= 0.6 is 0 Å². The minimum Gasteiger partial charge on any atom is -0.460 e. The van der Waals surface area contributed by atoms with E-state index < -0.39 is 0 Å². The number of hydrogen-bond acceptors (Lipinski definition) is 3. The zero-order valence-electron chi connectivity index (χ0n) is 17.9. The van der Waals surface area contributed by atoms with Crippen molar-refractivity contribution >= 4 is 22.7 Å². The van der Waals surface area contributed by atoms with Crippen LogP contribution in [0.15, 0.2) is 84.9 Å². The van der Waals surface area contributed by atoms with Crippen molar-refractivity contribution in [2.75, 3.05) is 0 Å². The maximum Gasteiger partial charge on any atom is 0.313 e. The van der Waals surface area contributed by atoms with Gasteiger partial charge in [0.15, 0.2) is 5.78 Å². The lowest BCUT2D eigenvalue weighted by atomic mass is 9.85. The molecule has 160 valence electrons. The third kappa shape index (κ3) is 3.84. The molecule has 5 rings (SSSR count). The molecule has 4 heteroatoms. The summed E-state index contributed by atoms with van der Waals surface area (Å²) in [6.07, 6.45) is 2.52. The smallest absolute Gasteiger partial charge is 0.313 e. The lowest BCUT2D eigenvalue weighted by Crippen LogP contribution is -2.22. The summed E-state index contributed by atoms with van der Waals surface area (Å²) < 4.78 is 7.83. The quantitative estimate of drug-likeness (QED) is 0.296. The van der Waals surface area contributed by atoms with Crippen molar-refractivity contribution in [3.05, 3.63) is 107 Å². The molecule has 1 aliphatic carbocycles. The molecule has 0 N–H and O–H groups in total. The van der Waals surface area contributed by atoms with E-state index in [2.05, 4.69) is 10.6 Å². The number of hydrogen-bond donors (Lipinski definition) is 0. The third-order valence-electron chi connectivity index (χ3n) is 6.28. The Labute approximate surface area is 187 Å². The number of rotatable bonds is 6. The Kier molecular flexibility index (Phi) is 5.59. The van der Waals surface area contributed by atoms with Gasteiger partial charge in [-0.1, -0.05) is 78.9 Å². The molecule has 3 aromatic carbocycles. The summed E-state index contributed by atoms with van der Waals surface area (Å²) in [5.41, 5.74) is 4.81. The number of nitrogens with zero attached hydrogens (tertiary/aromatic N) is 1. The predicted octanol–water partition coefficient (Wildman–Crippen LogP) is 5.69. The largest absolute Gasteiger partial charge is 0.460 e. The van der Waals surface area contributed by atoms with Gasteiger partial charge in [-0.2, -0.15) is 0 Å². The van der Waals surface area contributed by atoms with Crippen LogP contribution in [0.1, 0.15) is 45.9 Å². The second kappa shape index (κ2) is 8.83. The zero-order valence-corrected chi connectivity index (χ0v) is 17.9. The van der Waals surface area contributed by atoms with Gasteiger partial charge in [0.2, 0.25) is 0 Å². The number of ketones is 1. The summed E-state index contributed by atoms with van der Waals surface area (Å²) in [7, 11) is 0. The van der Waals surface area contributed by atoms with E-state index in [0.29, 0.717) is 5.56 Å². The van der Waals surface area contributed by atoms with E-state index in [-0.39, 0.29) is 30.8 Å². The Balaban J connectivity index is 1.48. The van der Waals surface area contributed by atoms with E-state index in [4.69, 9.17) is 4.74 Å². The normalized spacial score (nSPS) is 15.3. The number of carbonyl (C=O) groups excluding carboxylic acids is 2. The number of ether oxygens (including phenoxy) is 1. The molecular weight excluding hydrogens is 398 g/mol. The fraction of sp³-hybridized carbons (Fsp3) is 0.214. The Hall–Kier alpha value is -3.66. The number of aromatic nitrogens is 1. The first-order valence-electron chi connectivity index (χ1n) is 11.1. The van der Waals surface area contributed by atoms with Crippen LogP contribution < -0.4 is 0 Å². The van der Waals surface area contributed by atoms with E-state index in [0.717, 1.165) is 47.0 Å². The molecule has 0 aliphatic heterocycles. The molecule has 0 bridgehead atoms. The maximum absolute atomic E-state index is 13.1. The van der Waals surface area contributed by atoms with Crippen molar-refractivity contribution in [1.82, 2.24) is 4.57 Å². The van der Waals surface area contributed by atoms with Crippen molar-refractivity contribution in [3.63, 3.8) is 0 Å². The van der Waals surface area contributed by atoms with Crippen LogP contribution in [0.25, 0.3) is 10.9 Å². The molecular formula is C28H25NO3. The Bertz CT molecular complexity index is 1260. The monoisotopic (exact) mass is 423 g/mol. The van der Waals surface area contributed by atoms with Crippen molar-refractivity contribution in [2.24, 2.45) is 0 Å². The zero-order chi connectivity index (χ0) is 21.9. The van der Waals surface area contributed by atoms with E-state index in [1.54, 1.807) is 0 Å². The van der Waals surface area contributed by atoms with Gasteiger partial charge in [0.25, 0.3) is 0 Å². The average Bonchev–Trinajstić information content (AvgIpc) is 3.17. The lowest BCUT2D eigenvalue weighted by molar-refractivity contribution is -0.147. The summed E-state index contributed by atoms with van der Waals surface area (Å²) in [6.45, 7) is 0.544. The molecule has 4 nitrogen and oxygen atoms in total. The Morgan fingerprint density at radius 1 is 0.875 bits per heavy atom. The van der Waals surface area contributed by atoms with Gasteiger partial charge in [-0.15, -0.1) is 0 Å². The second-order valence-corrected chi connectivity index (χ2v) is 8.29. The highest BCUT2D eigenvalue weighted by molar-refractivity contribution is 5.98. The van der Waals surface area contributed by atoms with Crippen LogP contribution in [0.3, 0.4) is 0 Å². The predicted molar refractivity (Wildman–Crippen MR) is 125 cm³/mol. The van der Waals surface area contributed by atoms with Crippen molar-refractivity contribution in [3.8, 4) is 0 Å². The summed E-state index contributed by atoms with van der Waals surface area (Å²) >= 11 is 0. The standard InChI is InChI=1S/C28H25NO3/c30-26(21-12-5-2-6-13-21)18-29-24-16-8-7-14-22(24)27-23(15-9-17-25(27)29)28(31)32-19-20-10-3-1-4-11-20/h1-8,10-14,16,23H,9,15,17-19H2. The number of para-hydroxylation sites is 1. The van der Waals surface area contributed by atoms with E-state index >= 15 is 0 Å². The van der Waals surface area contributed by atoms with Crippen LogP contribution in [-0.4, -0.2) is 16.3 Å². The molecule has 1 unspecified atom stereocenters. The van der Waals surface area contributed by atoms with Gasteiger partial charge < -0.3 is 9.30 Å². The topological polar surface area (TPSA) is 48.3 Å². The highest BCUT2D eigenvalue weighted by Gasteiger charge is 2.33. The number of benzene rings is 3. The highest BCUT2D eigenvalue weighted by atomic mass is 16.5. The van der Waals surface area contributed by atoms with Crippen molar-refractivity contribution in [1.29, 1.82) is 0 Å². The molecule has 0 saturated carbocycles. The Morgan fingerprint density at radius 2 is 1.56 bits per heavy atom. The van der Waals surface area contributed by atoms with E-state index in [1.807, 2.05) is 78.9 Å². The van der Waals surface area contributed by atoms with Gasteiger partial charge >= 0.3 is 5.97 Å². The van der Waals surface area contributed by atoms with Crippen LogP contribution in [-0.2, 0) is 29.1 Å². The van der Waals surface area contributed by atoms with Gasteiger partial charge in [-0.05, 0) is 36.5 Å². The maximum atomic E-state index is 13.1. The third-order valence-corrected chi connectivity index (χ3v) is 6.28. The molecule has 1 aromatic heterocycles. The number of carbonyl (C=O) groups is 2. The van der Waals surface area contributed by atoms with Gasteiger partial charge in [0.05, 0.1) is 12.5 Å². The van der Waals surface area contributed by atoms with Crippen LogP contribution in [0.5, 0.6) is 0 Å². The average molecular weight is 424 g/mol. The molecule has 0 radical (unpaired) electrons. The minimum absolute atomic E-state index is 0.0722. The SMILES string of the molecule is O=C(Cn1c2c(c3ccccc31)C(C(=O)OCc1ccccc1)CCC2)c1ccccc1. The van der Waals surface area contributed by atoms with Crippen molar-refractivity contribution < 1.29 is 14.3 Å². The molecule has 0 amide bonds. The molecule has 0 saturated heterocycles. The molecule has 0 fully saturated rings. The summed E-state index contributed by atoms with van der Waals surface area (Å²) in [4.78, 5) is 26.1. The van der Waals surface area contributed by atoms with Gasteiger partial charge in [0, 0.05) is 22.2 Å². The fourth-order valence-electron chi connectivity index (χ4n) is 4.76. The van der Waals surface area contributed by atoms with Gasteiger partial charge in [0.1, 0.15) is 6.61 Å². The first kappa shape index (κ1) is 20.3. The lowest BCUT2D eigenvalue weighted by Gasteiger charge is -2.23. The fourth-order valence-corrected chi connectivity index (χ4v) is 4.76. The minimum atomic E-state index is -0.305. The van der Waals surface area contributed by atoms with E-state index in [9.17, 15) is 9.59 Å². The molecule has 4 aromatic rings. The van der Waals surface area contributed by atoms with Crippen LogP contribution in [0, 0.1) is 0 Å². The molecule has 1 aliphatic rings. The van der Waals surface area contributed by atoms with Gasteiger partial charge in [-0.25, -0.2) is 0 Å². The first-order valence-corrected chi connectivity index (χ1v) is 11.1. The van der Waals surface area contributed by atoms with Crippen molar-refractivity contribution in [2.45, 2.75) is 38.3 Å². The Morgan fingerprint density at radius 3 is 2.34 bits per heavy atom. The van der Waals surface area contributed by atoms with Crippen LogP contribution in [0.2, 0.25) is 0 Å². The summed E-state index contributed by atoms with van der Waals surface area (Å²) in [5, 5.41) is 1.05.